The monoisotopic (exact) mass is 613 g/mol. The van der Waals surface area contributed by atoms with Crippen LogP contribution in [0.25, 0.3) is 11.2 Å². The Morgan fingerprint density at radius 1 is 0.881 bits per heavy atom. The molecule has 3 N–H and O–H groups in total. The molecule has 11 nitrogen and oxygen atoms in total. The van der Waals surface area contributed by atoms with Gasteiger partial charge in [-0.15, -0.1) is 0 Å². The maximum absolute atomic E-state index is 14.3. The number of fused-ring (bicyclic) bond motifs is 2. The molecule has 4 heterocycles. The number of ether oxygens (including phenoxy) is 1. The Morgan fingerprint density at radius 3 is 2.07 bits per heavy atom. The van der Waals surface area contributed by atoms with Crippen LogP contribution in [0.3, 0.4) is 0 Å². The molecule has 228 valence electrons. The first-order valence-electron chi connectivity index (χ1n) is 14.8. The van der Waals surface area contributed by atoms with Gasteiger partial charge in [0.25, 0.3) is 0 Å². The average molecular weight is 614 g/mol. The van der Waals surface area contributed by atoms with E-state index in [4.69, 9.17) is 23.4 Å². The van der Waals surface area contributed by atoms with Crippen molar-refractivity contribution in [2.75, 3.05) is 5.73 Å². The lowest BCUT2D eigenvalue weighted by molar-refractivity contribution is -0.0807. The molecule has 1 aromatic carbocycles. The maximum atomic E-state index is 14.3. The highest BCUT2D eigenvalue weighted by Crippen LogP contribution is 2.50. The zero-order valence-corrected chi connectivity index (χ0v) is 27.6. The van der Waals surface area contributed by atoms with Crippen molar-refractivity contribution in [2.45, 2.75) is 108 Å². The summed E-state index contributed by atoms with van der Waals surface area (Å²) in [6, 6.07) is 9.03. The number of carbonyl (C=O) groups is 1. The Morgan fingerprint density at radius 2 is 1.48 bits per heavy atom. The highest BCUT2D eigenvalue weighted by molar-refractivity contribution is 6.84. The molecule has 2 fully saturated rings. The van der Waals surface area contributed by atoms with E-state index in [1.54, 1.807) is 16.7 Å². The molecule has 0 saturated carbocycles. The number of nitrogen functional groups attached to an aromatic ring is 1. The van der Waals surface area contributed by atoms with E-state index in [-0.39, 0.29) is 33.8 Å². The van der Waals surface area contributed by atoms with Crippen molar-refractivity contribution in [2.24, 2.45) is 0 Å². The van der Waals surface area contributed by atoms with Gasteiger partial charge >= 0.3 is 17.1 Å². The third-order valence-corrected chi connectivity index (χ3v) is 18.9. The summed E-state index contributed by atoms with van der Waals surface area (Å²) >= 11 is 0. The molecule has 2 aromatic heterocycles. The summed E-state index contributed by atoms with van der Waals surface area (Å²) in [6.07, 6.45) is -2.19. The summed E-state index contributed by atoms with van der Waals surface area (Å²) in [6.45, 7) is 16.8. The first kappa shape index (κ1) is 30.9. The summed E-state index contributed by atoms with van der Waals surface area (Å²) in [5.74, 6) is -0.0211. The summed E-state index contributed by atoms with van der Waals surface area (Å²) in [7, 11) is -6.28. The largest absolute Gasteiger partial charge is 0.414 e. The fraction of sp³-hybridized carbons (Fsp3) is 0.586. The number of hydrogen-bond donors (Lipinski definition) is 2. The third-order valence-electron chi connectivity index (χ3n) is 8.69. The van der Waals surface area contributed by atoms with E-state index in [2.05, 4.69) is 70.3 Å². The molecular weight excluding hydrogens is 571 g/mol. The number of nitrogens with two attached hydrogens (primary N) is 1. The van der Waals surface area contributed by atoms with Crippen LogP contribution in [-0.2, 0) is 17.7 Å². The summed E-state index contributed by atoms with van der Waals surface area (Å²) < 4.78 is 29.9. The molecule has 1 unspecified atom stereocenters. The summed E-state index contributed by atoms with van der Waals surface area (Å²) in [5.41, 5.74) is 7.42. The van der Waals surface area contributed by atoms with E-state index in [9.17, 15) is 9.90 Å². The molecule has 0 spiro atoms. The fourth-order valence-corrected chi connectivity index (χ4v) is 17.7. The SMILES string of the molecule is CC(C)[Si]1(C(C)C)OC(C(=O)c2ccccc2)[C@H]2O[C@@H](n3cnc4c(N)ncnc43)[C@H](O)[C@@H]2O[Si](C(C)C)(C(C)C)O1. The third kappa shape index (κ3) is 4.94. The highest BCUT2D eigenvalue weighted by atomic mass is 28.5. The van der Waals surface area contributed by atoms with E-state index < -0.39 is 47.8 Å². The van der Waals surface area contributed by atoms with Gasteiger partial charge in [-0.3, -0.25) is 9.36 Å². The molecule has 5 rings (SSSR count). The van der Waals surface area contributed by atoms with Gasteiger partial charge in [0, 0.05) is 5.56 Å². The topological polar surface area (TPSA) is 144 Å². The number of benzene rings is 1. The predicted octanol–water partition coefficient (Wildman–Crippen LogP) is 4.87. The van der Waals surface area contributed by atoms with Gasteiger partial charge in [-0.2, -0.15) is 0 Å². The van der Waals surface area contributed by atoms with Gasteiger partial charge in [0.15, 0.2) is 23.5 Å². The lowest BCUT2D eigenvalue weighted by Gasteiger charge is -2.52. The fourth-order valence-electron chi connectivity index (χ4n) is 6.44. The molecule has 0 amide bonds. The number of anilines is 1. The molecular formula is C29H43N5O6Si2. The van der Waals surface area contributed by atoms with Crippen LogP contribution in [0.15, 0.2) is 43.0 Å². The smallest absolute Gasteiger partial charge is 0.335 e. The molecule has 2 aliphatic rings. The zero-order valence-electron chi connectivity index (χ0n) is 25.6. The summed E-state index contributed by atoms with van der Waals surface area (Å²) in [5, 5.41) is 12.0. The molecule has 0 aliphatic carbocycles. The van der Waals surface area contributed by atoms with Gasteiger partial charge in [-0.25, -0.2) is 15.0 Å². The maximum Gasteiger partial charge on any atom is 0.335 e. The van der Waals surface area contributed by atoms with Crippen molar-refractivity contribution in [1.82, 2.24) is 19.5 Å². The van der Waals surface area contributed by atoms with Gasteiger partial charge in [0.2, 0.25) is 0 Å². The van der Waals surface area contributed by atoms with Crippen molar-refractivity contribution in [3.8, 4) is 0 Å². The lowest BCUT2D eigenvalue weighted by Crippen LogP contribution is -2.68. The first-order valence-corrected chi connectivity index (χ1v) is 18.7. The Hall–Kier alpha value is -2.53. The minimum atomic E-state index is -3.16. The van der Waals surface area contributed by atoms with Crippen molar-refractivity contribution in [3.05, 3.63) is 48.5 Å². The number of rotatable bonds is 7. The normalized spacial score (nSPS) is 27.5. The van der Waals surface area contributed by atoms with Crippen LogP contribution in [0.2, 0.25) is 22.2 Å². The van der Waals surface area contributed by atoms with Crippen LogP contribution in [0.1, 0.15) is 72.0 Å². The molecule has 0 radical (unpaired) electrons. The van der Waals surface area contributed by atoms with Crippen LogP contribution < -0.4 is 5.73 Å². The molecule has 0 bridgehead atoms. The molecule has 2 aliphatic heterocycles. The first-order chi connectivity index (χ1) is 19.8. The Bertz CT molecular complexity index is 1400. The van der Waals surface area contributed by atoms with Crippen LogP contribution >= 0.6 is 0 Å². The standard InChI is InChI=1S/C29H43N5O6Si2/c1-16(2)41(17(3)4)38-24(22(35)20-12-10-9-11-13-20)26-25(39-42(40-41,18(5)6)19(7)8)23(36)29(37-26)34-15-33-21-27(30)31-14-32-28(21)34/h9-19,23-26,29,36H,1-8H3,(H2,30,31,32)/t23-,24?,25+,26-,29-/m1/s1. The second kappa shape index (κ2) is 11.5. The van der Waals surface area contributed by atoms with Crippen molar-refractivity contribution < 1.29 is 27.6 Å². The van der Waals surface area contributed by atoms with Gasteiger partial charge in [0.05, 0.1) is 6.33 Å². The number of hydrogen-bond acceptors (Lipinski definition) is 10. The van der Waals surface area contributed by atoms with E-state index >= 15 is 0 Å². The van der Waals surface area contributed by atoms with Crippen molar-refractivity contribution in [3.63, 3.8) is 0 Å². The number of Topliss-reactive ketones (excluding diaryl/α,β-unsaturated/α-hetero) is 1. The second-order valence-corrected chi connectivity index (χ2v) is 21.4. The minimum Gasteiger partial charge on any atom is -0.414 e. The van der Waals surface area contributed by atoms with Crippen molar-refractivity contribution in [1.29, 1.82) is 0 Å². The number of ketones is 1. The molecule has 2 saturated heterocycles. The van der Waals surface area contributed by atoms with Gasteiger partial charge in [0.1, 0.15) is 36.3 Å². The number of aromatic nitrogens is 4. The van der Waals surface area contributed by atoms with E-state index in [0.717, 1.165) is 0 Å². The van der Waals surface area contributed by atoms with Crippen molar-refractivity contribution >= 4 is 39.9 Å². The predicted molar refractivity (Wildman–Crippen MR) is 163 cm³/mol. The van der Waals surface area contributed by atoms with E-state index in [1.165, 1.54) is 12.7 Å². The highest BCUT2D eigenvalue weighted by Gasteiger charge is 2.64. The number of imidazole rings is 1. The van der Waals surface area contributed by atoms with Crippen LogP contribution in [0.4, 0.5) is 5.82 Å². The second-order valence-electron chi connectivity index (χ2n) is 12.6. The zero-order chi connectivity index (χ0) is 30.6. The van der Waals surface area contributed by atoms with Crippen LogP contribution in [0.5, 0.6) is 0 Å². The van der Waals surface area contributed by atoms with E-state index in [0.29, 0.717) is 16.7 Å². The lowest BCUT2D eigenvalue weighted by atomic mass is 9.98. The number of aliphatic hydroxyl groups excluding tert-OH is 1. The number of carbonyl (C=O) groups excluding carboxylic acids is 1. The van der Waals surface area contributed by atoms with Crippen LogP contribution in [-0.4, -0.2) is 71.9 Å². The number of nitrogens with zero attached hydrogens (tertiary/aromatic N) is 4. The molecule has 13 heteroatoms. The van der Waals surface area contributed by atoms with Gasteiger partial charge in [-0.1, -0.05) is 85.7 Å². The Labute approximate surface area is 249 Å². The summed E-state index contributed by atoms with van der Waals surface area (Å²) in [4.78, 5) is 27.1. The van der Waals surface area contributed by atoms with Crippen LogP contribution in [0, 0.1) is 0 Å². The Balaban J connectivity index is 1.70. The average Bonchev–Trinajstić information content (AvgIpc) is 3.50. The molecule has 42 heavy (non-hydrogen) atoms. The quantitative estimate of drug-likeness (QED) is 0.280. The molecule has 3 aromatic rings. The van der Waals surface area contributed by atoms with Gasteiger partial charge in [-0.05, 0) is 22.2 Å². The number of aliphatic hydroxyl groups is 1. The molecule has 5 atom stereocenters. The van der Waals surface area contributed by atoms with E-state index in [1.807, 2.05) is 18.2 Å². The van der Waals surface area contributed by atoms with Gasteiger partial charge < -0.3 is 28.5 Å². The Kier molecular flexibility index (Phi) is 8.48. The minimum absolute atomic E-state index is 0.00693.